The van der Waals surface area contributed by atoms with E-state index in [2.05, 4.69) is 26.1 Å². The van der Waals surface area contributed by atoms with Crippen molar-refractivity contribution >= 4 is 17.3 Å². The van der Waals surface area contributed by atoms with Crippen LogP contribution >= 0.6 is 11.6 Å². The summed E-state index contributed by atoms with van der Waals surface area (Å²) in [4.78, 5) is 1.95. The Hall–Kier alpha value is -0.870. The second kappa shape index (κ2) is 6.27. The van der Waals surface area contributed by atoms with Gasteiger partial charge in [0.1, 0.15) is 5.82 Å². The SMILES string of the molecule is CCNC1CCN(c2c(F)cc(F)cc2Cl)C(C)C1C. The maximum Gasteiger partial charge on any atom is 0.150 e. The Morgan fingerprint density at radius 3 is 2.65 bits per heavy atom. The standard InChI is InChI=1S/C15H21ClF2N2/c1-4-19-14-5-6-20(10(3)9(14)2)15-12(16)7-11(17)8-13(15)18/h7-10,14,19H,4-6H2,1-3H3. The Balaban J connectivity index is 2.27. The topological polar surface area (TPSA) is 15.3 Å². The fraction of sp³-hybridized carbons (Fsp3) is 0.600. The van der Waals surface area contributed by atoms with Gasteiger partial charge in [0.25, 0.3) is 0 Å². The molecule has 112 valence electrons. The Labute approximate surface area is 124 Å². The second-order valence-electron chi connectivity index (χ2n) is 5.46. The van der Waals surface area contributed by atoms with Crippen LogP contribution in [0.4, 0.5) is 14.5 Å². The minimum Gasteiger partial charge on any atom is -0.365 e. The molecule has 3 atom stereocenters. The van der Waals surface area contributed by atoms with Crippen molar-refractivity contribution in [3.63, 3.8) is 0 Å². The average Bonchev–Trinajstić information content (AvgIpc) is 2.36. The number of hydrogen-bond donors (Lipinski definition) is 1. The van der Waals surface area contributed by atoms with E-state index in [9.17, 15) is 8.78 Å². The number of anilines is 1. The minimum absolute atomic E-state index is 0.142. The molecule has 1 fully saturated rings. The molecule has 2 nitrogen and oxygen atoms in total. The van der Waals surface area contributed by atoms with E-state index in [0.717, 1.165) is 19.0 Å². The van der Waals surface area contributed by atoms with Gasteiger partial charge in [0, 0.05) is 24.7 Å². The molecule has 1 aromatic carbocycles. The predicted molar refractivity (Wildman–Crippen MR) is 79.4 cm³/mol. The summed E-state index contributed by atoms with van der Waals surface area (Å²) < 4.78 is 27.2. The Morgan fingerprint density at radius 1 is 1.35 bits per heavy atom. The zero-order chi connectivity index (χ0) is 14.9. The largest absolute Gasteiger partial charge is 0.365 e. The molecule has 5 heteroatoms. The van der Waals surface area contributed by atoms with Gasteiger partial charge < -0.3 is 10.2 Å². The summed E-state index contributed by atoms with van der Waals surface area (Å²) in [6, 6.07) is 2.64. The van der Waals surface area contributed by atoms with Crippen LogP contribution in [0, 0.1) is 17.6 Å². The van der Waals surface area contributed by atoms with E-state index in [1.807, 2.05) is 4.90 Å². The van der Waals surface area contributed by atoms with Crippen LogP contribution in [0.3, 0.4) is 0 Å². The van der Waals surface area contributed by atoms with E-state index in [-0.39, 0.29) is 11.1 Å². The lowest BCUT2D eigenvalue weighted by molar-refractivity contribution is 0.273. The first-order valence-corrected chi connectivity index (χ1v) is 7.48. The van der Waals surface area contributed by atoms with E-state index in [1.54, 1.807) is 0 Å². The third-order valence-electron chi connectivity index (χ3n) is 4.30. The maximum absolute atomic E-state index is 14.1. The van der Waals surface area contributed by atoms with Crippen molar-refractivity contribution in [1.82, 2.24) is 5.32 Å². The third kappa shape index (κ3) is 2.91. The van der Waals surface area contributed by atoms with Gasteiger partial charge in [-0.1, -0.05) is 25.4 Å². The molecule has 0 radical (unpaired) electrons. The van der Waals surface area contributed by atoms with Gasteiger partial charge >= 0.3 is 0 Å². The molecule has 20 heavy (non-hydrogen) atoms. The Bertz CT molecular complexity index is 458. The molecule has 1 heterocycles. The summed E-state index contributed by atoms with van der Waals surface area (Å²) in [5.74, 6) is -0.861. The molecule has 1 saturated heterocycles. The monoisotopic (exact) mass is 302 g/mol. The van der Waals surface area contributed by atoms with E-state index in [4.69, 9.17) is 11.6 Å². The summed E-state index contributed by atoms with van der Waals surface area (Å²) in [5.41, 5.74) is 0.322. The van der Waals surface area contributed by atoms with Gasteiger partial charge in [-0.2, -0.15) is 0 Å². The smallest absolute Gasteiger partial charge is 0.150 e. The normalized spacial score (nSPS) is 26.9. The lowest BCUT2D eigenvalue weighted by Gasteiger charge is -2.44. The van der Waals surface area contributed by atoms with Crippen molar-refractivity contribution in [3.8, 4) is 0 Å². The van der Waals surface area contributed by atoms with Gasteiger partial charge in [-0.3, -0.25) is 0 Å². The van der Waals surface area contributed by atoms with E-state index >= 15 is 0 Å². The van der Waals surface area contributed by atoms with Crippen molar-refractivity contribution < 1.29 is 8.78 Å². The van der Waals surface area contributed by atoms with Crippen molar-refractivity contribution in [2.45, 2.75) is 39.3 Å². The predicted octanol–water partition coefficient (Wildman–Crippen LogP) is 3.83. The lowest BCUT2D eigenvalue weighted by atomic mass is 9.86. The molecular formula is C15H21ClF2N2. The van der Waals surface area contributed by atoms with Gasteiger partial charge in [-0.15, -0.1) is 0 Å². The molecule has 1 aliphatic heterocycles. The van der Waals surface area contributed by atoms with Gasteiger partial charge in [0.2, 0.25) is 0 Å². The fourth-order valence-corrected chi connectivity index (χ4v) is 3.34. The molecule has 0 bridgehead atoms. The van der Waals surface area contributed by atoms with Crippen molar-refractivity contribution in [2.75, 3.05) is 18.0 Å². The first kappa shape index (κ1) is 15.5. The van der Waals surface area contributed by atoms with Crippen LogP contribution in [0.15, 0.2) is 12.1 Å². The molecule has 0 aliphatic carbocycles. The first-order chi connectivity index (χ1) is 9.45. The molecule has 2 rings (SSSR count). The molecule has 1 N–H and O–H groups in total. The Morgan fingerprint density at radius 2 is 2.05 bits per heavy atom. The molecule has 1 aromatic rings. The van der Waals surface area contributed by atoms with Crippen molar-refractivity contribution in [3.05, 3.63) is 28.8 Å². The van der Waals surface area contributed by atoms with Crippen LogP contribution in [0.1, 0.15) is 27.2 Å². The zero-order valence-corrected chi connectivity index (χ0v) is 12.8. The van der Waals surface area contributed by atoms with Gasteiger partial charge in [-0.05, 0) is 31.9 Å². The average molecular weight is 303 g/mol. The number of nitrogens with zero attached hydrogens (tertiary/aromatic N) is 1. The fourth-order valence-electron chi connectivity index (χ4n) is 3.04. The van der Waals surface area contributed by atoms with Gasteiger partial charge in [-0.25, -0.2) is 8.78 Å². The highest BCUT2D eigenvalue weighted by Crippen LogP contribution is 2.36. The zero-order valence-electron chi connectivity index (χ0n) is 12.1. The molecular weight excluding hydrogens is 282 g/mol. The van der Waals surface area contributed by atoms with Crippen LogP contribution < -0.4 is 10.2 Å². The second-order valence-corrected chi connectivity index (χ2v) is 5.87. The quantitative estimate of drug-likeness (QED) is 0.913. The van der Waals surface area contributed by atoms with Crippen LogP contribution in [-0.4, -0.2) is 25.2 Å². The van der Waals surface area contributed by atoms with Gasteiger partial charge in [0.05, 0.1) is 10.7 Å². The van der Waals surface area contributed by atoms with E-state index in [1.165, 1.54) is 6.07 Å². The number of benzene rings is 1. The summed E-state index contributed by atoms with van der Waals surface area (Å²) in [5, 5.41) is 3.60. The lowest BCUT2D eigenvalue weighted by Crippen LogP contribution is -2.53. The summed E-state index contributed by atoms with van der Waals surface area (Å²) >= 11 is 6.04. The van der Waals surface area contributed by atoms with Crippen LogP contribution in [0.25, 0.3) is 0 Å². The van der Waals surface area contributed by atoms with Crippen LogP contribution in [0.2, 0.25) is 5.02 Å². The maximum atomic E-state index is 14.1. The van der Waals surface area contributed by atoms with E-state index < -0.39 is 11.6 Å². The molecule has 0 saturated carbocycles. The molecule has 0 amide bonds. The van der Waals surface area contributed by atoms with Gasteiger partial charge in [0.15, 0.2) is 5.82 Å². The molecule has 1 aliphatic rings. The van der Waals surface area contributed by atoms with Crippen molar-refractivity contribution in [2.24, 2.45) is 5.92 Å². The van der Waals surface area contributed by atoms with Crippen LogP contribution in [0.5, 0.6) is 0 Å². The third-order valence-corrected chi connectivity index (χ3v) is 4.59. The first-order valence-electron chi connectivity index (χ1n) is 7.10. The number of rotatable bonds is 3. The minimum atomic E-state index is -0.639. The highest BCUT2D eigenvalue weighted by atomic mass is 35.5. The number of nitrogens with one attached hydrogen (secondary N) is 1. The number of piperidine rings is 1. The number of halogens is 3. The van der Waals surface area contributed by atoms with Crippen molar-refractivity contribution in [1.29, 1.82) is 0 Å². The highest BCUT2D eigenvalue weighted by molar-refractivity contribution is 6.33. The number of hydrogen-bond acceptors (Lipinski definition) is 2. The summed E-state index contributed by atoms with van der Waals surface area (Å²) in [6.07, 6.45) is 0.923. The molecule has 0 spiro atoms. The molecule has 0 aromatic heterocycles. The Kier molecular flexibility index (Phi) is 4.86. The highest BCUT2D eigenvalue weighted by Gasteiger charge is 2.34. The van der Waals surface area contributed by atoms with Crippen LogP contribution in [-0.2, 0) is 0 Å². The molecule has 3 unspecified atom stereocenters. The van der Waals surface area contributed by atoms with E-state index in [0.29, 0.717) is 24.2 Å². The summed E-state index contributed by atoms with van der Waals surface area (Å²) in [7, 11) is 0. The summed E-state index contributed by atoms with van der Waals surface area (Å²) in [6.45, 7) is 7.94.